The zero-order valence-corrected chi connectivity index (χ0v) is 11.6. The number of carbonyl (C=O) groups excluding carboxylic acids is 1. The lowest BCUT2D eigenvalue weighted by Gasteiger charge is -2.03. The van der Waals surface area contributed by atoms with Gasteiger partial charge in [-0.05, 0) is 25.5 Å². The number of phenols is 1. The van der Waals surface area contributed by atoms with Crippen LogP contribution in [0.25, 0.3) is 0 Å². The molecule has 0 bridgehead atoms. The first kappa shape index (κ1) is 15.2. The Hall–Kier alpha value is -1.84. The van der Waals surface area contributed by atoms with Crippen LogP contribution in [0.3, 0.4) is 0 Å². The van der Waals surface area contributed by atoms with Gasteiger partial charge in [0.2, 0.25) is 5.91 Å². The molecule has 1 rings (SSSR count). The van der Waals surface area contributed by atoms with Gasteiger partial charge in [-0.2, -0.15) is 5.10 Å². The fourth-order valence-corrected chi connectivity index (χ4v) is 1.71. The first-order valence-electron chi connectivity index (χ1n) is 6.76. The summed E-state index contributed by atoms with van der Waals surface area (Å²) in [6.45, 7) is 3.94. The molecule has 0 unspecified atom stereocenters. The average molecular weight is 262 g/mol. The Bertz CT molecular complexity index is 442. The maximum atomic E-state index is 11.5. The van der Waals surface area contributed by atoms with Gasteiger partial charge in [-0.1, -0.05) is 38.3 Å². The van der Waals surface area contributed by atoms with Crippen molar-refractivity contribution >= 4 is 11.6 Å². The Kier molecular flexibility index (Phi) is 6.64. The maximum absolute atomic E-state index is 11.5. The van der Waals surface area contributed by atoms with Crippen LogP contribution >= 0.6 is 0 Å². The maximum Gasteiger partial charge on any atom is 0.240 e. The van der Waals surface area contributed by atoms with Crippen molar-refractivity contribution in [3.63, 3.8) is 0 Å². The highest BCUT2D eigenvalue weighted by atomic mass is 16.3. The minimum absolute atomic E-state index is 0.0596. The van der Waals surface area contributed by atoms with Gasteiger partial charge in [-0.25, -0.2) is 5.43 Å². The molecule has 0 heterocycles. The first-order valence-corrected chi connectivity index (χ1v) is 6.76. The number of hydrogen-bond donors (Lipinski definition) is 2. The van der Waals surface area contributed by atoms with E-state index in [4.69, 9.17) is 0 Å². The van der Waals surface area contributed by atoms with Crippen molar-refractivity contribution in [1.29, 1.82) is 0 Å². The van der Waals surface area contributed by atoms with E-state index in [2.05, 4.69) is 17.5 Å². The van der Waals surface area contributed by atoms with E-state index >= 15 is 0 Å². The molecule has 0 fully saturated rings. The van der Waals surface area contributed by atoms with Crippen molar-refractivity contribution in [2.75, 3.05) is 0 Å². The van der Waals surface area contributed by atoms with Crippen LogP contribution in [0.15, 0.2) is 29.4 Å². The molecule has 2 N–H and O–H groups in total. The fourth-order valence-electron chi connectivity index (χ4n) is 1.71. The number of nitrogens with zero attached hydrogens (tertiary/aromatic N) is 1. The van der Waals surface area contributed by atoms with Crippen LogP contribution in [0, 0.1) is 0 Å². The third-order valence-corrected chi connectivity index (χ3v) is 2.87. The molecule has 0 aromatic heterocycles. The van der Waals surface area contributed by atoms with Crippen LogP contribution in [-0.2, 0) is 4.79 Å². The molecule has 0 aliphatic carbocycles. The van der Waals surface area contributed by atoms with Crippen molar-refractivity contribution in [1.82, 2.24) is 5.43 Å². The third kappa shape index (κ3) is 6.04. The van der Waals surface area contributed by atoms with Gasteiger partial charge in [0.1, 0.15) is 5.75 Å². The first-order chi connectivity index (χ1) is 9.13. The molecule has 0 saturated carbocycles. The number of hydrogen-bond acceptors (Lipinski definition) is 3. The Morgan fingerprint density at radius 1 is 1.32 bits per heavy atom. The Balaban J connectivity index is 2.41. The van der Waals surface area contributed by atoms with Crippen molar-refractivity contribution in [3.8, 4) is 5.75 Å². The summed E-state index contributed by atoms with van der Waals surface area (Å²) in [6, 6.07) is 6.80. The largest absolute Gasteiger partial charge is 0.508 e. The molecule has 19 heavy (non-hydrogen) atoms. The summed E-state index contributed by atoms with van der Waals surface area (Å²) in [7, 11) is 0. The lowest BCUT2D eigenvalue weighted by atomic mass is 10.1. The second-order valence-corrected chi connectivity index (χ2v) is 4.59. The quantitative estimate of drug-likeness (QED) is 0.450. The summed E-state index contributed by atoms with van der Waals surface area (Å²) in [5.41, 5.74) is 4.02. The van der Waals surface area contributed by atoms with E-state index < -0.39 is 0 Å². The standard InChI is InChI=1S/C15H22N2O2/c1-3-4-5-6-10-15(19)17-16-12(2)13-8-7-9-14(18)11-13/h7-9,11,18H,3-6,10H2,1-2H3,(H,17,19). The summed E-state index contributed by atoms with van der Waals surface area (Å²) in [5.74, 6) is 0.133. The normalized spacial score (nSPS) is 11.4. The van der Waals surface area contributed by atoms with Gasteiger partial charge in [-0.3, -0.25) is 4.79 Å². The molecule has 0 aliphatic rings. The Morgan fingerprint density at radius 2 is 2.11 bits per heavy atom. The number of aromatic hydroxyl groups is 1. The smallest absolute Gasteiger partial charge is 0.240 e. The van der Waals surface area contributed by atoms with E-state index in [0.29, 0.717) is 12.1 Å². The van der Waals surface area contributed by atoms with Gasteiger partial charge in [0.05, 0.1) is 5.71 Å². The van der Waals surface area contributed by atoms with Crippen molar-refractivity contribution in [3.05, 3.63) is 29.8 Å². The summed E-state index contributed by atoms with van der Waals surface area (Å²) in [4.78, 5) is 11.5. The number of unbranched alkanes of at least 4 members (excludes halogenated alkanes) is 3. The predicted octanol–water partition coefficient (Wildman–Crippen LogP) is 3.20. The minimum Gasteiger partial charge on any atom is -0.508 e. The monoisotopic (exact) mass is 262 g/mol. The van der Waals surface area contributed by atoms with Gasteiger partial charge < -0.3 is 5.11 Å². The van der Waals surface area contributed by atoms with E-state index in [1.54, 1.807) is 25.1 Å². The highest BCUT2D eigenvalue weighted by Crippen LogP contribution is 2.11. The molecule has 4 nitrogen and oxygen atoms in total. The number of carbonyl (C=O) groups is 1. The van der Waals surface area contributed by atoms with Crippen LogP contribution in [0.5, 0.6) is 5.75 Å². The summed E-state index contributed by atoms with van der Waals surface area (Å²) >= 11 is 0. The highest BCUT2D eigenvalue weighted by Gasteiger charge is 2.02. The Morgan fingerprint density at radius 3 is 2.79 bits per heavy atom. The van der Waals surface area contributed by atoms with Crippen molar-refractivity contribution in [2.24, 2.45) is 5.10 Å². The Labute approximate surface area is 114 Å². The van der Waals surface area contributed by atoms with Crippen LogP contribution in [-0.4, -0.2) is 16.7 Å². The topological polar surface area (TPSA) is 61.7 Å². The van der Waals surface area contributed by atoms with Crippen molar-refractivity contribution in [2.45, 2.75) is 46.0 Å². The van der Waals surface area contributed by atoms with Crippen LogP contribution in [0.2, 0.25) is 0 Å². The second kappa shape index (κ2) is 8.29. The SMILES string of the molecule is CCCCCCC(=O)NN=C(C)c1cccc(O)c1. The number of benzene rings is 1. The van der Waals surface area contributed by atoms with Crippen molar-refractivity contribution < 1.29 is 9.90 Å². The molecular weight excluding hydrogens is 240 g/mol. The zero-order valence-electron chi connectivity index (χ0n) is 11.6. The van der Waals surface area contributed by atoms with Gasteiger partial charge in [0.15, 0.2) is 0 Å². The number of phenolic OH excluding ortho intramolecular Hbond substituents is 1. The highest BCUT2D eigenvalue weighted by molar-refractivity contribution is 5.99. The molecule has 1 aromatic rings. The van der Waals surface area contributed by atoms with Gasteiger partial charge in [-0.15, -0.1) is 0 Å². The summed E-state index contributed by atoms with van der Waals surface area (Å²) < 4.78 is 0. The number of hydrazone groups is 1. The fraction of sp³-hybridized carbons (Fsp3) is 0.467. The number of nitrogens with one attached hydrogen (secondary N) is 1. The number of rotatable bonds is 7. The molecule has 0 radical (unpaired) electrons. The lowest BCUT2D eigenvalue weighted by Crippen LogP contribution is -2.18. The van der Waals surface area contributed by atoms with E-state index in [1.165, 1.54) is 6.42 Å². The van der Waals surface area contributed by atoms with Gasteiger partial charge in [0.25, 0.3) is 0 Å². The molecule has 4 heteroatoms. The van der Waals surface area contributed by atoms with Crippen LogP contribution in [0.4, 0.5) is 0 Å². The molecule has 0 spiro atoms. The minimum atomic E-state index is -0.0596. The third-order valence-electron chi connectivity index (χ3n) is 2.87. The van der Waals surface area contributed by atoms with E-state index in [9.17, 15) is 9.90 Å². The van der Waals surface area contributed by atoms with E-state index in [0.717, 1.165) is 24.8 Å². The molecule has 1 aromatic carbocycles. The van der Waals surface area contributed by atoms with Crippen LogP contribution < -0.4 is 5.43 Å². The molecule has 0 saturated heterocycles. The molecule has 0 atom stereocenters. The summed E-state index contributed by atoms with van der Waals surface area (Å²) in [6.07, 6.45) is 4.83. The summed E-state index contributed by atoms with van der Waals surface area (Å²) in [5, 5.41) is 13.4. The van der Waals surface area contributed by atoms with Gasteiger partial charge >= 0.3 is 0 Å². The van der Waals surface area contributed by atoms with E-state index in [-0.39, 0.29) is 11.7 Å². The molecule has 104 valence electrons. The number of amides is 1. The van der Waals surface area contributed by atoms with Gasteiger partial charge in [0, 0.05) is 12.0 Å². The van der Waals surface area contributed by atoms with Crippen LogP contribution in [0.1, 0.15) is 51.5 Å². The zero-order chi connectivity index (χ0) is 14.1. The molecular formula is C15H22N2O2. The second-order valence-electron chi connectivity index (χ2n) is 4.59. The lowest BCUT2D eigenvalue weighted by molar-refractivity contribution is -0.121. The van der Waals surface area contributed by atoms with E-state index in [1.807, 2.05) is 6.07 Å². The predicted molar refractivity (Wildman–Crippen MR) is 77.2 cm³/mol. The molecule has 0 aliphatic heterocycles. The molecule has 1 amide bonds. The average Bonchev–Trinajstić information content (AvgIpc) is 2.41.